The number of aromatic carboxylic acids is 1. The van der Waals surface area contributed by atoms with Crippen molar-refractivity contribution in [1.82, 2.24) is 0 Å². The molecule has 5 heteroatoms. The largest absolute Gasteiger partial charge is 0.478 e. The number of anilines is 1. The SMILES string of the molecule is CCSc1cccc(NC2(CO)CCC2)c1C(=O)O. The standard InChI is InChI=1S/C14H19NO3S/c1-2-19-11-6-3-5-10(12(11)13(17)18)15-14(9-16)7-4-8-14/h3,5-6,15-16H,2,4,7-9H2,1H3,(H,17,18). The summed E-state index contributed by atoms with van der Waals surface area (Å²) in [6.07, 6.45) is 2.83. The van der Waals surface area contributed by atoms with Crippen molar-refractivity contribution < 1.29 is 15.0 Å². The molecule has 1 aromatic rings. The summed E-state index contributed by atoms with van der Waals surface area (Å²) in [5, 5.41) is 22.1. The fourth-order valence-corrected chi connectivity index (χ4v) is 3.17. The van der Waals surface area contributed by atoms with E-state index >= 15 is 0 Å². The summed E-state index contributed by atoms with van der Waals surface area (Å²) >= 11 is 1.52. The van der Waals surface area contributed by atoms with Gasteiger partial charge in [-0.15, -0.1) is 11.8 Å². The third-order valence-corrected chi connectivity index (χ3v) is 4.49. The number of hydrogen-bond donors (Lipinski definition) is 3. The van der Waals surface area contributed by atoms with Crippen LogP contribution < -0.4 is 5.32 Å². The Morgan fingerprint density at radius 2 is 2.21 bits per heavy atom. The van der Waals surface area contributed by atoms with Crippen LogP contribution in [0.5, 0.6) is 0 Å². The van der Waals surface area contributed by atoms with E-state index in [0.29, 0.717) is 11.3 Å². The van der Waals surface area contributed by atoms with Crippen molar-refractivity contribution in [3.05, 3.63) is 23.8 Å². The molecule has 4 nitrogen and oxygen atoms in total. The fourth-order valence-electron chi connectivity index (χ4n) is 2.34. The second-order valence-corrected chi connectivity index (χ2v) is 6.14. The van der Waals surface area contributed by atoms with Gasteiger partial charge in [0.25, 0.3) is 0 Å². The molecule has 1 aliphatic rings. The molecule has 0 amide bonds. The average molecular weight is 281 g/mol. The molecule has 0 atom stereocenters. The van der Waals surface area contributed by atoms with Crippen LogP contribution in [0.2, 0.25) is 0 Å². The third kappa shape index (κ3) is 2.87. The molecule has 0 spiro atoms. The van der Waals surface area contributed by atoms with E-state index < -0.39 is 5.97 Å². The van der Waals surface area contributed by atoms with Crippen molar-refractivity contribution in [2.75, 3.05) is 17.7 Å². The van der Waals surface area contributed by atoms with Crippen LogP contribution in [0.1, 0.15) is 36.5 Å². The fraction of sp³-hybridized carbons (Fsp3) is 0.500. The Hall–Kier alpha value is -1.20. The van der Waals surface area contributed by atoms with Crippen LogP contribution in [0.15, 0.2) is 23.1 Å². The molecule has 0 heterocycles. The summed E-state index contributed by atoms with van der Waals surface area (Å²) in [4.78, 5) is 12.3. The predicted octanol–water partition coefficient (Wildman–Crippen LogP) is 2.82. The Kier molecular flexibility index (Phi) is 4.37. The van der Waals surface area contributed by atoms with E-state index in [9.17, 15) is 15.0 Å². The van der Waals surface area contributed by atoms with E-state index in [1.807, 2.05) is 19.1 Å². The van der Waals surface area contributed by atoms with E-state index in [4.69, 9.17) is 0 Å². The Labute approximate surface area is 117 Å². The molecule has 0 unspecified atom stereocenters. The summed E-state index contributed by atoms with van der Waals surface area (Å²) in [7, 11) is 0. The second kappa shape index (κ2) is 5.84. The highest BCUT2D eigenvalue weighted by molar-refractivity contribution is 7.99. The zero-order valence-corrected chi connectivity index (χ0v) is 11.8. The van der Waals surface area contributed by atoms with Gasteiger partial charge in [0.15, 0.2) is 0 Å². The Morgan fingerprint density at radius 3 is 2.68 bits per heavy atom. The molecule has 0 aromatic heterocycles. The molecular weight excluding hydrogens is 262 g/mol. The number of benzene rings is 1. The zero-order valence-electron chi connectivity index (χ0n) is 11.0. The predicted molar refractivity (Wildman–Crippen MR) is 77.1 cm³/mol. The number of carboxylic acid groups (broad SMARTS) is 1. The lowest BCUT2D eigenvalue weighted by Crippen LogP contribution is -2.48. The highest BCUT2D eigenvalue weighted by atomic mass is 32.2. The van der Waals surface area contributed by atoms with Crippen LogP contribution in [-0.2, 0) is 0 Å². The van der Waals surface area contributed by atoms with Crippen molar-refractivity contribution in [1.29, 1.82) is 0 Å². The summed E-state index contributed by atoms with van der Waals surface area (Å²) in [5.74, 6) is -0.0963. The first-order chi connectivity index (χ1) is 9.12. The Morgan fingerprint density at radius 1 is 1.47 bits per heavy atom. The minimum atomic E-state index is -0.925. The van der Waals surface area contributed by atoms with E-state index in [2.05, 4.69) is 5.32 Å². The highest BCUT2D eigenvalue weighted by Gasteiger charge is 2.37. The van der Waals surface area contributed by atoms with Crippen LogP contribution in [0.25, 0.3) is 0 Å². The van der Waals surface area contributed by atoms with Gasteiger partial charge in [0.05, 0.1) is 23.4 Å². The molecule has 0 aliphatic heterocycles. The second-order valence-electron chi connectivity index (χ2n) is 4.83. The topological polar surface area (TPSA) is 69.6 Å². The summed E-state index contributed by atoms with van der Waals surface area (Å²) < 4.78 is 0. The molecule has 1 aliphatic carbocycles. The number of rotatable bonds is 6. The smallest absolute Gasteiger partial charge is 0.338 e. The molecule has 0 bridgehead atoms. The van der Waals surface area contributed by atoms with Gasteiger partial charge in [-0.3, -0.25) is 0 Å². The lowest BCUT2D eigenvalue weighted by molar-refractivity contribution is 0.0693. The van der Waals surface area contributed by atoms with Crippen molar-refractivity contribution in [3.8, 4) is 0 Å². The van der Waals surface area contributed by atoms with Gasteiger partial charge in [-0.1, -0.05) is 13.0 Å². The van der Waals surface area contributed by atoms with Gasteiger partial charge >= 0.3 is 5.97 Å². The number of aliphatic hydroxyl groups excluding tert-OH is 1. The lowest BCUT2D eigenvalue weighted by atomic mass is 9.77. The third-order valence-electron chi connectivity index (χ3n) is 3.55. The van der Waals surface area contributed by atoms with Gasteiger partial charge in [0.1, 0.15) is 0 Å². The molecule has 0 saturated heterocycles. The summed E-state index contributed by atoms with van der Waals surface area (Å²) in [5.41, 5.74) is 0.591. The summed E-state index contributed by atoms with van der Waals surface area (Å²) in [6.45, 7) is 2.04. The van der Waals surface area contributed by atoms with Crippen LogP contribution in [0.3, 0.4) is 0 Å². The van der Waals surface area contributed by atoms with E-state index in [1.54, 1.807) is 6.07 Å². The van der Waals surface area contributed by atoms with Gasteiger partial charge in [-0.25, -0.2) is 4.79 Å². The van der Waals surface area contributed by atoms with E-state index in [0.717, 1.165) is 29.9 Å². The lowest BCUT2D eigenvalue weighted by Gasteiger charge is -2.42. The minimum absolute atomic E-state index is 0.0389. The maximum Gasteiger partial charge on any atom is 0.338 e. The monoisotopic (exact) mass is 281 g/mol. The van der Waals surface area contributed by atoms with Crippen LogP contribution in [-0.4, -0.2) is 34.1 Å². The first-order valence-corrected chi connectivity index (χ1v) is 7.48. The van der Waals surface area contributed by atoms with Crippen molar-refractivity contribution >= 4 is 23.4 Å². The van der Waals surface area contributed by atoms with E-state index in [-0.39, 0.29) is 12.1 Å². The molecule has 2 rings (SSSR count). The van der Waals surface area contributed by atoms with Crippen LogP contribution in [0.4, 0.5) is 5.69 Å². The van der Waals surface area contributed by atoms with Gasteiger partial charge in [-0.2, -0.15) is 0 Å². The minimum Gasteiger partial charge on any atom is -0.478 e. The number of thioether (sulfide) groups is 1. The van der Waals surface area contributed by atoms with Crippen LogP contribution >= 0.6 is 11.8 Å². The van der Waals surface area contributed by atoms with Crippen molar-refractivity contribution in [3.63, 3.8) is 0 Å². The Bertz CT molecular complexity index is 466. The average Bonchev–Trinajstić information content (AvgIpc) is 2.34. The first kappa shape index (κ1) is 14.2. The maximum absolute atomic E-state index is 11.5. The maximum atomic E-state index is 11.5. The Balaban J connectivity index is 2.33. The molecule has 3 N–H and O–H groups in total. The molecule has 104 valence electrons. The van der Waals surface area contributed by atoms with Gasteiger partial charge in [0.2, 0.25) is 0 Å². The van der Waals surface area contributed by atoms with E-state index in [1.165, 1.54) is 11.8 Å². The quantitative estimate of drug-likeness (QED) is 0.700. The van der Waals surface area contributed by atoms with Crippen molar-refractivity contribution in [2.24, 2.45) is 0 Å². The molecular formula is C14H19NO3S. The number of hydrogen-bond acceptors (Lipinski definition) is 4. The number of aliphatic hydroxyl groups is 1. The van der Waals surface area contributed by atoms with Gasteiger partial charge in [0, 0.05) is 4.90 Å². The zero-order chi connectivity index (χ0) is 13.9. The number of carboxylic acids is 1. The molecule has 1 fully saturated rings. The molecule has 0 radical (unpaired) electrons. The highest BCUT2D eigenvalue weighted by Crippen LogP contribution is 2.37. The number of carbonyl (C=O) groups is 1. The normalized spacial score (nSPS) is 16.7. The first-order valence-electron chi connectivity index (χ1n) is 6.50. The molecule has 1 aromatic carbocycles. The van der Waals surface area contributed by atoms with Gasteiger partial charge in [-0.05, 0) is 37.1 Å². The van der Waals surface area contributed by atoms with Crippen LogP contribution in [0, 0.1) is 0 Å². The summed E-state index contributed by atoms with van der Waals surface area (Å²) in [6, 6.07) is 5.46. The van der Waals surface area contributed by atoms with Crippen molar-refractivity contribution in [2.45, 2.75) is 36.6 Å². The van der Waals surface area contributed by atoms with Gasteiger partial charge < -0.3 is 15.5 Å². The number of nitrogens with one attached hydrogen (secondary N) is 1. The molecule has 19 heavy (non-hydrogen) atoms. The molecule has 1 saturated carbocycles.